The maximum absolute atomic E-state index is 5.10. The van der Waals surface area contributed by atoms with Crippen LogP contribution in [0.15, 0.2) is 35.5 Å². The van der Waals surface area contributed by atoms with Crippen molar-refractivity contribution in [1.29, 1.82) is 0 Å². The molecule has 0 saturated heterocycles. The van der Waals surface area contributed by atoms with E-state index < -0.39 is 0 Å². The zero-order valence-corrected chi connectivity index (χ0v) is 12.5. The van der Waals surface area contributed by atoms with E-state index in [2.05, 4.69) is 25.7 Å². The molecule has 2 heterocycles. The minimum atomic E-state index is 0.572. The minimum Gasteiger partial charge on any atom is -0.481 e. The van der Waals surface area contributed by atoms with E-state index in [-0.39, 0.29) is 0 Å². The van der Waals surface area contributed by atoms with Crippen molar-refractivity contribution < 1.29 is 4.74 Å². The van der Waals surface area contributed by atoms with Crippen molar-refractivity contribution in [1.82, 2.24) is 25.4 Å². The van der Waals surface area contributed by atoms with Crippen LogP contribution in [-0.2, 0) is 20.1 Å². The maximum Gasteiger partial charge on any atom is 0.213 e. The molecule has 112 valence electrons. The van der Waals surface area contributed by atoms with Crippen LogP contribution < -0.4 is 15.4 Å². The fourth-order valence-corrected chi connectivity index (χ4v) is 1.81. The van der Waals surface area contributed by atoms with E-state index in [0.717, 1.165) is 11.4 Å². The molecule has 2 aromatic heterocycles. The highest BCUT2D eigenvalue weighted by Gasteiger charge is 2.03. The lowest BCUT2D eigenvalue weighted by molar-refractivity contribution is 0.396. The van der Waals surface area contributed by atoms with Gasteiger partial charge < -0.3 is 15.4 Å². The molecular formula is C14H20N6O. The fraction of sp³-hybridized carbons (Fsp3) is 0.357. The molecule has 0 aromatic carbocycles. The molecule has 0 atom stereocenters. The van der Waals surface area contributed by atoms with Gasteiger partial charge >= 0.3 is 0 Å². The van der Waals surface area contributed by atoms with Crippen LogP contribution >= 0.6 is 0 Å². The van der Waals surface area contributed by atoms with Gasteiger partial charge in [-0.25, -0.2) is 4.98 Å². The van der Waals surface area contributed by atoms with Crippen LogP contribution in [0.4, 0.5) is 0 Å². The van der Waals surface area contributed by atoms with Crippen LogP contribution in [0.1, 0.15) is 11.4 Å². The van der Waals surface area contributed by atoms with Gasteiger partial charge in [0.25, 0.3) is 0 Å². The summed E-state index contributed by atoms with van der Waals surface area (Å²) in [6.07, 6.45) is 1.77. The highest BCUT2D eigenvalue weighted by atomic mass is 16.5. The summed E-state index contributed by atoms with van der Waals surface area (Å²) < 4.78 is 6.93. The number of nitrogens with one attached hydrogen (secondary N) is 2. The number of methoxy groups -OCH3 is 1. The van der Waals surface area contributed by atoms with Crippen molar-refractivity contribution >= 4 is 5.96 Å². The number of rotatable bonds is 5. The Balaban J connectivity index is 1.86. The molecular weight excluding hydrogens is 268 g/mol. The van der Waals surface area contributed by atoms with E-state index >= 15 is 0 Å². The highest BCUT2D eigenvalue weighted by molar-refractivity contribution is 5.79. The number of hydrogen-bond donors (Lipinski definition) is 2. The molecule has 2 aromatic rings. The Kier molecular flexibility index (Phi) is 5.14. The summed E-state index contributed by atoms with van der Waals surface area (Å²) >= 11 is 0. The summed E-state index contributed by atoms with van der Waals surface area (Å²) in [5, 5.41) is 10.6. The topological polar surface area (TPSA) is 76.4 Å². The van der Waals surface area contributed by atoms with Crippen LogP contribution in [-0.4, -0.2) is 34.9 Å². The Morgan fingerprint density at radius 3 is 2.76 bits per heavy atom. The maximum atomic E-state index is 5.10. The monoisotopic (exact) mass is 288 g/mol. The zero-order chi connectivity index (χ0) is 15.1. The van der Waals surface area contributed by atoms with Crippen LogP contribution in [0.5, 0.6) is 5.88 Å². The third-order valence-corrected chi connectivity index (χ3v) is 3.01. The van der Waals surface area contributed by atoms with E-state index in [1.807, 2.05) is 36.0 Å². The molecule has 2 rings (SSSR count). The third kappa shape index (κ3) is 4.20. The van der Waals surface area contributed by atoms with E-state index in [0.29, 0.717) is 24.9 Å². The Bertz CT molecular complexity index is 607. The molecule has 0 aliphatic heterocycles. The SMILES string of the molecule is CN=C(NCc1cccc(OC)n1)NCc1ccnn1C. The van der Waals surface area contributed by atoms with Crippen molar-refractivity contribution in [2.24, 2.45) is 12.0 Å². The molecule has 0 aliphatic rings. The number of guanidine groups is 1. The summed E-state index contributed by atoms with van der Waals surface area (Å²) in [5.74, 6) is 1.31. The molecule has 0 radical (unpaired) electrons. The van der Waals surface area contributed by atoms with E-state index in [4.69, 9.17) is 4.74 Å². The lowest BCUT2D eigenvalue weighted by atomic mass is 10.3. The zero-order valence-electron chi connectivity index (χ0n) is 12.5. The molecule has 0 bridgehead atoms. The first-order valence-corrected chi connectivity index (χ1v) is 6.64. The van der Waals surface area contributed by atoms with Gasteiger partial charge in [-0.15, -0.1) is 0 Å². The van der Waals surface area contributed by atoms with Crippen LogP contribution in [0.25, 0.3) is 0 Å². The molecule has 0 fully saturated rings. The molecule has 0 aliphatic carbocycles. The second kappa shape index (κ2) is 7.28. The third-order valence-electron chi connectivity index (χ3n) is 3.01. The summed E-state index contributed by atoms with van der Waals surface area (Å²) in [6.45, 7) is 1.23. The smallest absolute Gasteiger partial charge is 0.213 e. The van der Waals surface area contributed by atoms with E-state index in [1.54, 1.807) is 20.4 Å². The number of hydrogen-bond acceptors (Lipinski definition) is 4. The average Bonchev–Trinajstić information content (AvgIpc) is 2.93. The predicted octanol–water partition coefficient (Wildman–Crippen LogP) is 0.689. The first-order chi connectivity index (χ1) is 10.2. The van der Waals surface area contributed by atoms with Gasteiger partial charge in [0.05, 0.1) is 31.6 Å². The molecule has 2 N–H and O–H groups in total. The summed E-state index contributed by atoms with van der Waals surface area (Å²) in [7, 11) is 5.25. The summed E-state index contributed by atoms with van der Waals surface area (Å²) in [5.41, 5.74) is 1.97. The van der Waals surface area contributed by atoms with Crippen molar-refractivity contribution in [2.75, 3.05) is 14.2 Å². The molecule has 0 unspecified atom stereocenters. The van der Waals surface area contributed by atoms with Crippen molar-refractivity contribution in [2.45, 2.75) is 13.1 Å². The number of nitrogens with zero attached hydrogens (tertiary/aromatic N) is 4. The summed E-state index contributed by atoms with van der Waals surface area (Å²) in [6, 6.07) is 7.63. The number of aryl methyl sites for hydroxylation is 1. The number of pyridine rings is 1. The highest BCUT2D eigenvalue weighted by Crippen LogP contribution is 2.06. The second-order valence-electron chi connectivity index (χ2n) is 4.40. The first kappa shape index (κ1) is 14.8. The summed E-state index contributed by atoms with van der Waals surface area (Å²) in [4.78, 5) is 8.52. The molecule has 0 saturated carbocycles. The lowest BCUT2D eigenvalue weighted by Crippen LogP contribution is -2.36. The van der Waals surface area contributed by atoms with Crippen LogP contribution in [0.2, 0.25) is 0 Å². The second-order valence-corrected chi connectivity index (χ2v) is 4.40. The first-order valence-electron chi connectivity index (χ1n) is 6.64. The van der Waals surface area contributed by atoms with Crippen molar-refractivity contribution in [3.8, 4) is 5.88 Å². The fourth-order valence-electron chi connectivity index (χ4n) is 1.81. The Morgan fingerprint density at radius 2 is 2.10 bits per heavy atom. The van der Waals surface area contributed by atoms with Crippen LogP contribution in [0, 0.1) is 0 Å². The van der Waals surface area contributed by atoms with Gasteiger partial charge in [-0.2, -0.15) is 5.10 Å². The molecule has 7 nitrogen and oxygen atoms in total. The van der Waals surface area contributed by atoms with Crippen molar-refractivity contribution in [3.63, 3.8) is 0 Å². The normalized spacial score (nSPS) is 11.3. The molecule has 7 heteroatoms. The standard InChI is InChI=1S/C14H20N6O/c1-15-14(17-10-12-7-8-18-20(12)2)16-9-11-5-4-6-13(19-11)21-3/h4-8H,9-10H2,1-3H3,(H2,15,16,17). The van der Waals surface area contributed by atoms with Gasteiger partial charge in [0, 0.05) is 26.4 Å². The van der Waals surface area contributed by atoms with E-state index in [9.17, 15) is 0 Å². The van der Waals surface area contributed by atoms with Crippen molar-refractivity contribution in [3.05, 3.63) is 41.9 Å². The Labute approximate surface area is 124 Å². The van der Waals surface area contributed by atoms with Gasteiger partial charge in [0.1, 0.15) is 0 Å². The van der Waals surface area contributed by atoms with Gasteiger partial charge in [-0.1, -0.05) is 6.07 Å². The number of ether oxygens (including phenoxy) is 1. The van der Waals surface area contributed by atoms with Gasteiger partial charge in [0.15, 0.2) is 5.96 Å². The van der Waals surface area contributed by atoms with E-state index in [1.165, 1.54) is 0 Å². The average molecular weight is 288 g/mol. The quantitative estimate of drug-likeness (QED) is 0.625. The predicted molar refractivity (Wildman–Crippen MR) is 81.0 cm³/mol. The number of aromatic nitrogens is 3. The Hall–Kier alpha value is -2.57. The lowest BCUT2D eigenvalue weighted by Gasteiger charge is -2.12. The van der Waals surface area contributed by atoms with Gasteiger partial charge in [0.2, 0.25) is 5.88 Å². The molecule has 0 amide bonds. The molecule has 0 spiro atoms. The Morgan fingerprint density at radius 1 is 1.29 bits per heavy atom. The largest absolute Gasteiger partial charge is 0.481 e. The van der Waals surface area contributed by atoms with Gasteiger partial charge in [-0.05, 0) is 12.1 Å². The van der Waals surface area contributed by atoms with Gasteiger partial charge in [-0.3, -0.25) is 9.67 Å². The minimum absolute atomic E-state index is 0.572. The van der Waals surface area contributed by atoms with Crippen LogP contribution in [0.3, 0.4) is 0 Å². The molecule has 21 heavy (non-hydrogen) atoms. The number of aliphatic imine (C=N–C) groups is 1.